The SMILES string of the molecule is Nc1nc(N2CCN(CCNC(=O)c3ccccc3F)CC2)ncc1[N+](=O)[O-]. The van der Waals surface area contributed by atoms with Crippen molar-refractivity contribution in [2.24, 2.45) is 0 Å². The Morgan fingerprint density at radius 2 is 2.00 bits per heavy atom. The van der Waals surface area contributed by atoms with Crippen molar-refractivity contribution in [2.45, 2.75) is 0 Å². The van der Waals surface area contributed by atoms with Gasteiger partial charge in [-0.1, -0.05) is 12.1 Å². The molecule has 28 heavy (non-hydrogen) atoms. The standard InChI is InChI=1S/C17H20FN7O3/c18-13-4-2-1-3-12(13)16(26)20-5-6-23-7-9-24(10-8-23)17-21-11-14(25(27)28)15(19)22-17/h1-4,11H,5-10H2,(H,20,26)(H2,19,21,22). The van der Waals surface area contributed by atoms with E-state index >= 15 is 0 Å². The number of anilines is 2. The molecule has 1 saturated heterocycles. The summed E-state index contributed by atoms with van der Waals surface area (Å²) in [6, 6.07) is 5.85. The molecule has 1 aliphatic heterocycles. The van der Waals surface area contributed by atoms with Crippen LogP contribution in [0.4, 0.5) is 21.8 Å². The number of aromatic nitrogens is 2. The van der Waals surface area contributed by atoms with E-state index in [1.165, 1.54) is 18.2 Å². The number of rotatable bonds is 6. The maximum Gasteiger partial charge on any atom is 0.329 e. The molecule has 0 bridgehead atoms. The average Bonchev–Trinajstić information content (AvgIpc) is 2.68. The van der Waals surface area contributed by atoms with Crippen LogP contribution in [0, 0.1) is 15.9 Å². The van der Waals surface area contributed by atoms with Crippen LogP contribution in [-0.4, -0.2) is 65.0 Å². The van der Waals surface area contributed by atoms with Crippen LogP contribution >= 0.6 is 0 Å². The van der Waals surface area contributed by atoms with Gasteiger partial charge in [0.1, 0.15) is 12.0 Å². The molecule has 2 aromatic rings. The number of carbonyl (C=O) groups excluding carboxylic acids is 1. The highest BCUT2D eigenvalue weighted by Crippen LogP contribution is 2.20. The van der Waals surface area contributed by atoms with Gasteiger partial charge in [-0.3, -0.25) is 19.8 Å². The van der Waals surface area contributed by atoms with Crippen molar-refractivity contribution in [3.05, 3.63) is 52.0 Å². The van der Waals surface area contributed by atoms with E-state index in [4.69, 9.17) is 5.73 Å². The Morgan fingerprint density at radius 1 is 1.29 bits per heavy atom. The fraction of sp³-hybridized carbons (Fsp3) is 0.353. The molecule has 1 amide bonds. The Kier molecular flexibility index (Phi) is 5.94. The van der Waals surface area contributed by atoms with E-state index in [9.17, 15) is 19.3 Å². The number of amides is 1. The molecule has 3 N–H and O–H groups in total. The minimum Gasteiger partial charge on any atom is -0.378 e. The average molecular weight is 389 g/mol. The summed E-state index contributed by atoms with van der Waals surface area (Å²) in [4.78, 5) is 34.2. The molecule has 0 radical (unpaired) electrons. The molecule has 1 aromatic carbocycles. The van der Waals surface area contributed by atoms with Crippen LogP contribution < -0.4 is 16.0 Å². The van der Waals surface area contributed by atoms with E-state index in [0.29, 0.717) is 45.2 Å². The zero-order valence-electron chi connectivity index (χ0n) is 15.0. The van der Waals surface area contributed by atoms with Gasteiger partial charge in [-0.2, -0.15) is 4.98 Å². The molecule has 148 valence electrons. The van der Waals surface area contributed by atoms with E-state index in [0.717, 1.165) is 6.20 Å². The van der Waals surface area contributed by atoms with Crippen LogP contribution in [0.5, 0.6) is 0 Å². The number of nitro groups is 1. The molecule has 1 aromatic heterocycles. The predicted molar refractivity (Wildman–Crippen MR) is 100 cm³/mol. The number of halogens is 1. The molecule has 1 aliphatic rings. The summed E-state index contributed by atoms with van der Waals surface area (Å²) >= 11 is 0. The first kappa shape index (κ1) is 19.4. The van der Waals surface area contributed by atoms with Crippen LogP contribution in [0.1, 0.15) is 10.4 Å². The molecule has 11 heteroatoms. The molecule has 0 atom stereocenters. The first-order valence-electron chi connectivity index (χ1n) is 8.72. The van der Waals surface area contributed by atoms with Gasteiger partial charge in [-0.05, 0) is 12.1 Å². The van der Waals surface area contributed by atoms with Gasteiger partial charge in [0, 0.05) is 39.3 Å². The highest BCUT2D eigenvalue weighted by atomic mass is 19.1. The van der Waals surface area contributed by atoms with Crippen molar-refractivity contribution >= 4 is 23.4 Å². The maximum absolute atomic E-state index is 13.6. The highest BCUT2D eigenvalue weighted by molar-refractivity contribution is 5.94. The van der Waals surface area contributed by atoms with E-state index in [1.54, 1.807) is 6.07 Å². The van der Waals surface area contributed by atoms with Crippen LogP contribution in [0.3, 0.4) is 0 Å². The minimum atomic E-state index is -0.618. The Morgan fingerprint density at radius 3 is 2.64 bits per heavy atom. The summed E-state index contributed by atoms with van der Waals surface area (Å²) < 4.78 is 13.6. The van der Waals surface area contributed by atoms with Crippen LogP contribution in [0.15, 0.2) is 30.5 Å². The second-order valence-electron chi connectivity index (χ2n) is 6.26. The summed E-state index contributed by atoms with van der Waals surface area (Å²) in [5.41, 5.74) is 5.33. The molecule has 3 rings (SSSR count). The molecule has 0 saturated carbocycles. The van der Waals surface area contributed by atoms with Gasteiger partial charge in [0.15, 0.2) is 0 Å². The Balaban J connectivity index is 1.46. The summed E-state index contributed by atoms with van der Waals surface area (Å²) in [6.45, 7) is 3.67. The lowest BCUT2D eigenvalue weighted by Gasteiger charge is -2.34. The number of hydrogen-bond acceptors (Lipinski definition) is 8. The number of carbonyl (C=O) groups is 1. The first-order chi connectivity index (χ1) is 13.5. The van der Waals surface area contributed by atoms with Gasteiger partial charge in [0.25, 0.3) is 5.91 Å². The minimum absolute atomic E-state index is 0.0280. The lowest BCUT2D eigenvalue weighted by molar-refractivity contribution is -0.384. The number of piperazine rings is 1. The molecule has 2 heterocycles. The lowest BCUT2D eigenvalue weighted by atomic mass is 10.2. The molecular weight excluding hydrogens is 369 g/mol. The van der Waals surface area contributed by atoms with Gasteiger partial charge in [0.05, 0.1) is 10.5 Å². The number of benzene rings is 1. The predicted octanol–water partition coefficient (Wildman–Crippen LogP) is 0.658. The first-order valence-corrected chi connectivity index (χ1v) is 8.72. The fourth-order valence-electron chi connectivity index (χ4n) is 2.91. The van der Waals surface area contributed by atoms with E-state index in [2.05, 4.69) is 20.2 Å². The van der Waals surface area contributed by atoms with Crippen molar-refractivity contribution in [1.82, 2.24) is 20.2 Å². The van der Waals surface area contributed by atoms with Crippen molar-refractivity contribution in [1.29, 1.82) is 0 Å². The monoisotopic (exact) mass is 389 g/mol. The Labute approximate surface area is 160 Å². The lowest BCUT2D eigenvalue weighted by Crippen LogP contribution is -2.49. The van der Waals surface area contributed by atoms with Gasteiger partial charge < -0.3 is 16.0 Å². The van der Waals surface area contributed by atoms with Crippen LogP contribution in [-0.2, 0) is 0 Å². The second-order valence-corrected chi connectivity index (χ2v) is 6.26. The number of hydrogen-bond donors (Lipinski definition) is 2. The Hall–Kier alpha value is -3.34. The summed E-state index contributed by atoms with van der Waals surface area (Å²) in [5.74, 6) is -0.786. The third-order valence-corrected chi connectivity index (χ3v) is 4.47. The molecular formula is C17H20FN7O3. The summed E-state index contributed by atoms with van der Waals surface area (Å²) in [6.07, 6.45) is 1.11. The zero-order chi connectivity index (χ0) is 20.1. The largest absolute Gasteiger partial charge is 0.378 e. The van der Waals surface area contributed by atoms with Gasteiger partial charge in [0.2, 0.25) is 11.8 Å². The molecule has 10 nitrogen and oxygen atoms in total. The zero-order valence-corrected chi connectivity index (χ0v) is 15.0. The highest BCUT2D eigenvalue weighted by Gasteiger charge is 2.22. The van der Waals surface area contributed by atoms with E-state index in [1.807, 2.05) is 4.90 Å². The van der Waals surface area contributed by atoms with Gasteiger partial charge >= 0.3 is 5.69 Å². The smallest absolute Gasteiger partial charge is 0.329 e. The van der Waals surface area contributed by atoms with Gasteiger partial charge in [-0.25, -0.2) is 9.37 Å². The van der Waals surface area contributed by atoms with E-state index in [-0.39, 0.29) is 17.1 Å². The molecule has 0 aliphatic carbocycles. The van der Waals surface area contributed by atoms with E-state index < -0.39 is 16.6 Å². The van der Waals surface area contributed by atoms with Crippen molar-refractivity contribution in [3.63, 3.8) is 0 Å². The summed E-state index contributed by atoms with van der Waals surface area (Å²) in [5, 5.41) is 13.5. The van der Waals surface area contributed by atoms with Gasteiger partial charge in [-0.15, -0.1) is 0 Å². The Bertz CT molecular complexity index is 872. The third-order valence-electron chi connectivity index (χ3n) is 4.47. The molecule has 0 spiro atoms. The normalized spacial score (nSPS) is 14.7. The molecule has 1 fully saturated rings. The van der Waals surface area contributed by atoms with Crippen LogP contribution in [0.25, 0.3) is 0 Å². The topological polar surface area (TPSA) is 131 Å². The number of nitrogens with zero attached hydrogens (tertiary/aromatic N) is 5. The number of nitrogens with one attached hydrogen (secondary N) is 1. The van der Waals surface area contributed by atoms with Crippen molar-refractivity contribution < 1.29 is 14.1 Å². The molecule has 0 unspecified atom stereocenters. The summed E-state index contributed by atoms with van der Waals surface area (Å²) in [7, 11) is 0. The fourth-order valence-corrected chi connectivity index (χ4v) is 2.91. The number of nitrogen functional groups attached to an aromatic ring is 1. The second kappa shape index (κ2) is 8.57. The third kappa shape index (κ3) is 4.49. The maximum atomic E-state index is 13.6. The number of nitrogens with two attached hydrogens (primary N) is 1. The van der Waals surface area contributed by atoms with Crippen LogP contribution in [0.2, 0.25) is 0 Å². The van der Waals surface area contributed by atoms with Crippen molar-refractivity contribution in [2.75, 3.05) is 49.9 Å². The quantitative estimate of drug-likeness (QED) is 0.544. The van der Waals surface area contributed by atoms with Crippen molar-refractivity contribution in [3.8, 4) is 0 Å².